The van der Waals surface area contributed by atoms with Crippen LogP contribution in [0.3, 0.4) is 0 Å². The van der Waals surface area contributed by atoms with E-state index in [9.17, 15) is 9.59 Å². The summed E-state index contributed by atoms with van der Waals surface area (Å²) in [4.78, 5) is 30.0. The number of rotatable bonds is 8. The number of azo groups is 1. The SMILES string of the molecule is CC(NC(=O)C(C)(C)/N=N/C(C)(C)C(=O)NC(C)N1CCNCC1)N1CCNCC1. The van der Waals surface area contributed by atoms with Gasteiger partial charge in [0.15, 0.2) is 11.1 Å². The molecule has 0 radical (unpaired) electrons. The number of piperazine rings is 2. The molecular weight excluding hydrogens is 384 g/mol. The van der Waals surface area contributed by atoms with E-state index in [-0.39, 0.29) is 24.1 Å². The summed E-state index contributed by atoms with van der Waals surface area (Å²) in [6, 6.07) is 0. The van der Waals surface area contributed by atoms with Crippen LogP contribution in [0.5, 0.6) is 0 Å². The molecule has 2 saturated heterocycles. The van der Waals surface area contributed by atoms with Gasteiger partial charge in [-0.05, 0) is 41.5 Å². The first-order valence-corrected chi connectivity index (χ1v) is 11.0. The van der Waals surface area contributed by atoms with Crippen LogP contribution in [0.2, 0.25) is 0 Å². The van der Waals surface area contributed by atoms with Gasteiger partial charge in [-0.1, -0.05) is 0 Å². The summed E-state index contributed by atoms with van der Waals surface area (Å²) in [5, 5.41) is 21.2. The van der Waals surface area contributed by atoms with E-state index in [0.29, 0.717) is 0 Å². The van der Waals surface area contributed by atoms with Crippen molar-refractivity contribution in [3.63, 3.8) is 0 Å². The lowest BCUT2D eigenvalue weighted by atomic mass is 10.0. The molecule has 2 aliphatic rings. The van der Waals surface area contributed by atoms with Crippen molar-refractivity contribution in [1.82, 2.24) is 31.1 Å². The maximum absolute atomic E-state index is 12.8. The van der Waals surface area contributed by atoms with Crippen LogP contribution >= 0.6 is 0 Å². The summed E-state index contributed by atoms with van der Waals surface area (Å²) in [5.74, 6) is -0.412. The zero-order valence-corrected chi connectivity index (χ0v) is 19.4. The second-order valence-electron chi connectivity index (χ2n) is 9.19. The summed E-state index contributed by atoms with van der Waals surface area (Å²) in [6.07, 6.45) is -0.157. The first-order valence-electron chi connectivity index (χ1n) is 11.0. The van der Waals surface area contributed by atoms with E-state index < -0.39 is 11.1 Å². The molecule has 2 heterocycles. The Hall–Kier alpha value is -1.62. The number of amides is 2. The standard InChI is InChI=1S/C20H40N8O2/c1-15(27-11-7-21-8-12-27)23-17(29)19(3,4)25-26-20(5,6)18(30)24-16(2)28-13-9-22-10-14-28/h15-16,21-22H,7-14H2,1-6H3,(H,23,29)(H,24,30)/b26-25+. The monoisotopic (exact) mass is 424 g/mol. The van der Waals surface area contributed by atoms with Crippen molar-refractivity contribution in [2.45, 2.75) is 65.0 Å². The Kier molecular flexibility index (Phi) is 8.72. The molecule has 4 N–H and O–H groups in total. The van der Waals surface area contributed by atoms with E-state index in [0.717, 1.165) is 52.4 Å². The molecule has 172 valence electrons. The third kappa shape index (κ3) is 6.97. The van der Waals surface area contributed by atoms with Crippen molar-refractivity contribution in [3.05, 3.63) is 0 Å². The third-order valence-electron chi connectivity index (χ3n) is 5.74. The van der Waals surface area contributed by atoms with Crippen molar-refractivity contribution in [2.24, 2.45) is 10.2 Å². The molecule has 2 unspecified atom stereocenters. The van der Waals surface area contributed by atoms with Gasteiger partial charge in [0.25, 0.3) is 0 Å². The van der Waals surface area contributed by atoms with Gasteiger partial charge in [-0.15, -0.1) is 0 Å². The molecule has 0 aromatic carbocycles. The molecule has 30 heavy (non-hydrogen) atoms. The van der Waals surface area contributed by atoms with E-state index in [1.54, 1.807) is 27.7 Å². The van der Waals surface area contributed by atoms with Gasteiger partial charge < -0.3 is 21.3 Å². The van der Waals surface area contributed by atoms with Crippen LogP contribution in [0, 0.1) is 0 Å². The van der Waals surface area contributed by atoms with Gasteiger partial charge in [-0.2, -0.15) is 10.2 Å². The van der Waals surface area contributed by atoms with Crippen LogP contribution in [0.1, 0.15) is 41.5 Å². The summed E-state index contributed by atoms with van der Waals surface area (Å²) in [5.41, 5.74) is -2.13. The van der Waals surface area contributed by atoms with Crippen molar-refractivity contribution in [3.8, 4) is 0 Å². The van der Waals surface area contributed by atoms with Crippen LogP contribution < -0.4 is 21.3 Å². The van der Waals surface area contributed by atoms with Crippen molar-refractivity contribution in [1.29, 1.82) is 0 Å². The van der Waals surface area contributed by atoms with Gasteiger partial charge >= 0.3 is 0 Å². The maximum atomic E-state index is 12.8. The number of hydrogen-bond acceptors (Lipinski definition) is 8. The topological polar surface area (TPSA) is 113 Å². The Morgan fingerprint density at radius 2 is 1.03 bits per heavy atom. The number of nitrogens with zero attached hydrogens (tertiary/aromatic N) is 4. The molecule has 0 spiro atoms. The van der Waals surface area contributed by atoms with Gasteiger partial charge in [0.05, 0.1) is 12.3 Å². The molecule has 0 aromatic heterocycles. The van der Waals surface area contributed by atoms with Crippen molar-refractivity contribution < 1.29 is 9.59 Å². The fourth-order valence-electron chi connectivity index (χ4n) is 3.39. The lowest BCUT2D eigenvalue weighted by molar-refractivity contribution is -0.129. The van der Waals surface area contributed by atoms with E-state index in [1.165, 1.54) is 0 Å². The highest BCUT2D eigenvalue weighted by Gasteiger charge is 2.34. The fraction of sp³-hybridized carbons (Fsp3) is 0.900. The van der Waals surface area contributed by atoms with E-state index in [1.807, 2.05) is 13.8 Å². The van der Waals surface area contributed by atoms with Crippen LogP contribution in [0.4, 0.5) is 0 Å². The van der Waals surface area contributed by atoms with Gasteiger partial charge in [0, 0.05) is 52.4 Å². The minimum atomic E-state index is -1.07. The second kappa shape index (κ2) is 10.6. The second-order valence-corrected chi connectivity index (χ2v) is 9.19. The molecule has 2 amide bonds. The van der Waals surface area contributed by atoms with Crippen LogP contribution in [-0.4, -0.2) is 97.4 Å². The Labute approximate surface area is 180 Å². The quantitative estimate of drug-likeness (QED) is 0.399. The number of carbonyl (C=O) groups excluding carboxylic acids is 2. The Morgan fingerprint density at radius 1 is 0.733 bits per heavy atom. The number of nitrogens with one attached hydrogen (secondary N) is 4. The zero-order chi connectivity index (χ0) is 22.4. The largest absolute Gasteiger partial charge is 0.339 e. The molecule has 2 fully saturated rings. The van der Waals surface area contributed by atoms with Gasteiger partial charge in [0.1, 0.15) is 0 Å². The number of hydrogen-bond donors (Lipinski definition) is 4. The van der Waals surface area contributed by atoms with Crippen molar-refractivity contribution >= 4 is 11.8 Å². The average Bonchev–Trinajstić information content (AvgIpc) is 2.73. The average molecular weight is 425 g/mol. The Bertz CT molecular complexity index is 558. The highest BCUT2D eigenvalue weighted by Crippen LogP contribution is 2.17. The predicted molar refractivity (Wildman–Crippen MR) is 117 cm³/mol. The number of carbonyl (C=O) groups is 2. The molecule has 0 bridgehead atoms. The minimum Gasteiger partial charge on any atom is -0.339 e. The molecule has 10 heteroatoms. The molecule has 10 nitrogen and oxygen atoms in total. The molecule has 0 aliphatic carbocycles. The van der Waals surface area contributed by atoms with Gasteiger partial charge in [-0.25, -0.2) is 0 Å². The molecule has 0 aromatic rings. The first-order chi connectivity index (χ1) is 14.0. The minimum absolute atomic E-state index is 0.0785. The zero-order valence-electron chi connectivity index (χ0n) is 19.4. The molecular formula is C20H40N8O2. The van der Waals surface area contributed by atoms with E-state index in [2.05, 4.69) is 41.3 Å². The molecule has 0 saturated carbocycles. The summed E-state index contributed by atoms with van der Waals surface area (Å²) in [7, 11) is 0. The van der Waals surface area contributed by atoms with E-state index in [4.69, 9.17) is 0 Å². The smallest absolute Gasteiger partial charge is 0.250 e. The van der Waals surface area contributed by atoms with Gasteiger partial charge in [0.2, 0.25) is 11.8 Å². The summed E-state index contributed by atoms with van der Waals surface area (Å²) < 4.78 is 0. The normalized spacial score (nSPS) is 21.9. The predicted octanol–water partition coefficient (Wildman–Crippen LogP) is -0.269. The van der Waals surface area contributed by atoms with Crippen molar-refractivity contribution in [2.75, 3.05) is 52.4 Å². The summed E-state index contributed by atoms with van der Waals surface area (Å²) >= 11 is 0. The van der Waals surface area contributed by atoms with E-state index >= 15 is 0 Å². The highest BCUT2D eigenvalue weighted by molar-refractivity contribution is 5.87. The van der Waals surface area contributed by atoms with Gasteiger partial charge in [-0.3, -0.25) is 19.4 Å². The molecule has 2 atom stereocenters. The Balaban J connectivity index is 1.91. The molecule has 2 aliphatic heterocycles. The lowest BCUT2D eigenvalue weighted by Crippen LogP contribution is -2.57. The van der Waals surface area contributed by atoms with Crippen LogP contribution in [0.25, 0.3) is 0 Å². The maximum Gasteiger partial charge on any atom is 0.250 e. The van der Waals surface area contributed by atoms with Crippen LogP contribution in [-0.2, 0) is 9.59 Å². The molecule has 2 rings (SSSR count). The first kappa shape index (κ1) is 24.6. The summed E-state index contributed by atoms with van der Waals surface area (Å²) in [6.45, 7) is 18.0. The Morgan fingerprint density at radius 3 is 1.33 bits per heavy atom. The highest BCUT2D eigenvalue weighted by atomic mass is 16.2. The fourth-order valence-corrected chi connectivity index (χ4v) is 3.39. The lowest BCUT2D eigenvalue weighted by Gasteiger charge is -2.35. The van der Waals surface area contributed by atoms with Crippen LogP contribution in [0.15, 0.2) is 10.2 Å². The third-order valence-corrected chi connectivity index (χ3v) is 5.74.